The Morgan fingerprint density at radius 2 is 2.40 bits per heavy atom. The Labute approximate surface area is 97.5 Å². The van der Waals surface area contributed by atoms with Gasteiger partial charge in [-0.1, -0.05) is 6.92 Å². The van der Waals surface area contributed by atoms with Gasteiger partial charge in [0.1, 0.15) is 0 Å². The SMILES string of the molecule is CCC(COC)NC(=O)C1CCCN1.Cl. The fourth-order valence-corrected chi connectivity index (χ4v) is 1.67. The molecule has 1 rings (SSSR count). The van der Waals surface area contributed by atoms with E-state index in [9.17, 15) is 4.79 Å². The Morgan fingerprint density at radius 1 is 1.67 bits per heavy atom. The second kappa shape index (κ2) is 7.91. The molecule has 5 heteroatoms. The maximum Gasteiger partial charge on any atom is 0.237 e. The van der Waals surface area contributed by atoms with Crippen molar-refractivity contribution in [2.45, 2.75) is 38.3 Å². The van der Waals surface area contributed by atoms with Gasteiger partial charge in [-0.05, 0) is 25.8 Å². The van der Waals surface area contributed by atoms with Gasteiger partial charge in [-0.2, -0.15) is 0 Å². The molecule has 1 saturated heterocycles. The zero-order valence-corrected chi connectivity index (χ0v) is 10.2. The molecule has 0 radical (unpaired) electrons. The van der Waals surface area contributed by atoms with Crippen LogP contribution >= 0.6 is 12.4 Å². The molecule has 0 spiro atoms. The Hall–Kier alpha value is -0.320. The van der Waals surface area contributed by atoms with Crippen LogP contribution in [0.1, 0.15) is 26.2 Å². The third-order valence-electron chi connectivity index (χ3n) is 2.58. The number of nitrogens with one attached hydrogen (secondary N) is 2. The maximum absolute atomic E-state index is 11.7. The summed E-state index contributed by atoms with van der Waals surface area (Å²) in [7, 11) is 1.66. The van der Waals surface area contributed by atoms with E-state index in [0.29, 0.717) is 6.61 Å². The number of amides is 1. The first-order chi connectivity index (χ1) is 6.77. The number of carbonyl (C=O) groups excluding carboxylic acids is 1. The molecule has 0 aromatic carbocycles. The lowest BCUT2D eigenvalue weighted by atomic mass is 10.2. The molecular formula is C10H21ClN2O2. The number of methoxy groups -OCH3 is 1. The van der Waals surface area contributed by atoms with E-state index in [1.807, 2.05) is 6.92 Å². The number of rotatable bonds is 5. The first kappa shape index (κ1) is 14.7. The second-order valence-corrected chi connectivity index (χ2v) is 3.72. The van der Waals surface area contributed by atoms with Crippen LogP contribution in [0.3, 0.4) is 0 Å². The molecule has 1 aliphatic rings. The predicted molar refractivity (Wildman–Crippen MR) is 62.4 cm³/mol. The van der Waals surface area contributed by atoms with Gasteiger partial charge in [-0.3, -0.25) is 4.79 Å². The first-order valence-corrected chi connectivity index (χ1v) is 5.30. The molecule has 0 aromatic heterocycles. The third kappa shape index (κ3) is 4.82. The summed E-state index contributed by atoms with van der Waals surface area (Å²) < 4.78 is 5.02. The molecule has 0 aromatic rings. The van der Waals surface area contributed by atoms with Crippen molar-refractivity contribution < 1.29 is 9.53 Å². The largest absolute Gasteiger partial charge is 0.383 e. The molecule has 4 nitrogen and oxygen atoms in total. The number of ether oxygens (including phenoxy) is 1. The van der Waals surface area contributed by atoms with Crippen LogP contribution in [0.2, 0.25) is 0 Å². The average molecular weight is 237 g/mol. The highest BCUT2D eigenvalue weighted by Crippen LogP contribution is 2.05. The van der Waals surface area contributed by atoms with E-state index in [2.05, 4.69) is 10.6 Å². The zero-order chi connectivity index (χ0) is 10.4. The van der Waals surface area contributed by atoms with E-state index in [-0.39, 0.29) is 30.4 Å². The minimum absolute atomic E-state index is 0. The smallest absolute Gasteiger partial charge is 0.237 e. The van der Waals surface area contributed by atoms with Crippen molar-refractivity contribution in [1.82, 2.24) is 10.6 Å². The number of hydrogen-bond donors (Lipinski definition) is 2. The van der Waals surface area contributed by atoms with Crippen molar-refractivity contribution >= 4 is 18.3 Å². The summed E-state index contributed by atoms with van der Waals surface area (Å²) in [5.74, 6) is 0.117. The van der Waals surface area contributed by atoms with Gasteiger partial charge >= 0.3 is 0 Å². The van der Waals surface area contributed by atoms with E-state index in [1.165, 1.54) is 0 Å². The molecule has 0 saturated carbocycles. The fourth-order valence-electron chi connectivity index (χ4n) is 1.67. The van der Waals surface area contributed by atoms with Gasteiger partial charge in [-0.15, -0.1) is 12.4 Å². The monoisotopic (exact) mass is 236 g/mol. The standard InChI is InChI=1S/C10H20N2O2.ClH/c1-3-8(7-14-2)12-10(13)9-5-4-6-11-9;/h8-9,11H,3-7H2,1-2H3,(H,12,13);1H. The Kier molecular flexibility index (Phi) is 7.74. The van der Waals surface area contributed by atoms with Crippen LogP contribution in [0.15, 0.2) is 0 Å². The Bertz CT molecular complexity index is 184. The van der Waals surface area contributed by atoms with E-state index in [4.69, 9.17) is 4.74 Å². The van der Waals surface area contributed by atoms with Crippen molar-refractivity contribution in [2.24, 2.45) is 0 Å². The summed E-state index contributed by atoms with van der Waals surface area (Å²) in [5.41, 5.74) is 0. The maximum atomic E-state index is 11.7. The predicted octanol–water partition coefficient (Wildman–Crippen LogP) is 0.701. The number of hydrogen-bond acceptors (Lipinski definition) is 3. The highest BCUT2D eigenvalue weighted by Gasteiger charge is 2.23. The lowest BCUT2D eigenvalue weighted by molar-refractivity contribution is -0.123. The molecule has 15 heavy (non-hydrogen) atoms. The quantitative estimate of drug-likeness (QED) is 0.739. The van der Waals surface area contributed by atoms with Gasteiger partial charge in [0.15, 0.2) is 0 Å². The van der Waals surface area contributed by atoms with Gasteiger partial charge < -0.3 is 15.4 Å². The van der Waals surface area contributed by atoms with E-state index >= 15 is 0 Å². The molecule has 1 amide bonds. The van der Waals surface area contributed by atoms with E-state index < -0.39 is 0 Å². The van der Waals surface area contributed by atoms with Gasteiger partial charge in [0.05, 0.1) is 18.7 Å². The second-order valence-electron chi connectivity index (χ2n) is 3.72. The molecule has 0 aliphatic carbocycles. The molecule has 1 fully saturated rings. The highest BCUT2D eigenvalue weighted by molar-refractivity contribution is 5.85. The normalized spacial score (nSPS) is 21.9. The minimum atomic E-state index is 0. The summed E-state index contributed by atoms with van der Waals surface area (Å²) >= 11 is 0. The summed E-state index contributed by atoms with van der Waals surface area (Å²) in [4.78, 5) is 11.7. The summed E-state index contributed by atoms with van der Waals surface area (Å²) in [6.45, 7) is 3.60. The molecule has 0 bridgehead atoms. The van der Waals surface area contributed by atoms with Crippen molar-refractivity contribution in [3.63, 3.8) is 0 Å². The fraction of sp³-hybridized carbons (Fsp3) is 0.900. The number of halogens is 1. The summed E-state index contributed by atoms with van der Waals surface area (Å²) in [5, 5.41) is 6.16. The lowest BCUT2D eigenvalue weighted by Crippen LogP contribution is -2.46. The Morgan fingerprint density at radius 3 is 2.87 bits per heavy atom. The van der Waals surface area contributed by atoms with Crippen LogP contribution in [0.4, 0.5) is 0 Å². The van der Waals surface area contributed by atoms with E-state index in [0.717, 1.165) is 25.8 Å². The molecule has 90 valence electrons. The summed E-state index contributed by atoms with van der Waals surface area (Å²) in [6.07, 6.45) is 2.96. The van der Waals surface area contributed by atoms with Gasteiger partial charge in [0, 0.05) is 7.11 Å². The minimum Gasteiger partial charge on any atom is -0.383 e. The molecule has 2 N–H and O–H groups in total. The average Bonchev–Trinajstić information content (AvgIpc) is 2.69. The van der Waals surface area contributed by atoms with Crippen LogP contribution in [-0.4, -0.2) is 38.3 Å². The van der Waals surface area contributed by atoms with E-state index in [1.54, 1.807) is 7.11 Å². The molecule has 2 atom stereocenters. The van der Waals surface area contributed by atoms with Crippen LogP contribution in [0.5, 0.6) is 0 Å². The van der Waals surface area contributed by atoms with Gasteiger partial charge in [0.25, 0.3) is 0 Å². The van der Waals surface area contributed by atoms with Crippen LogP contribution in [-0.2, 0) is 9.53 Å². The van der Waals surface area contributed by atoms with Gasteiger partial charge in [0.2, 0.25) is 5.91 Å². The summed E-state index contributed by atoms with van der Waals surface area (Å²) in [6, 6.07) is 0.163. The molecular weight excluding hydrogens is 216 g/mol. The topological polar surface area (TPSA) is 50.4 Å². The number of carbonyl (C=O) groups is 1. The first-order valence-electron chi connectivity index (χ1n) is 5.30. The highest BCUT2D eigenvalue weighted by atomic mass is 35.5. The van der Waals surface area contributed by atoms with Crippen LogP contribution in [0.25, 0.3) is 0 Å². The van der Waals surface area contributed by atoms with Gasteiger partial charge in [-0.25, -0.2) is 0 Å². The zero-order valence-electron chi connectivity index (χ0n) is 9.41. The lowest BCUT2D eigenvalue weighted by Gasteiger charge is -2.18. The molecule has 2 unspecified atom stereocenters. The molecule has 1 aliphatic heterocycles. The Balaban J connectivity index is 0.00000196. The van der Waals surface area contributed by atoms with Crippen molar-refractivity contribution in [2.75, 3.05) is 20.3 Å². The van der Waals surface area contributed by atoms with Crippen LogP contribution in [0, 0.1) is 0 Å². The van der Waals surface area contributed by atoms with Crippen molar-refractivity contribution in [3.05, 3.63) is 0 Å². The third-order valence-corrected chi connectivity index (χ3v) is 2.58. The molecule has 1 heterocycles. The van der Waals surface area contributed by atoms with Crippen molar-refractivity contribution in [1.29, 1.82) is 0 Å². The van der Waals surface area contributed by atoms with Crippen molar-refractivity contribution in [3.8, 4) is 0 Å². The van der Waals surface area contributed by atoms with Crippen LogP contribution < -0.4 is 10.6 Å².